The zero-order valence-electron chi connectivity index (χ0n) is 15.5. The molecule has 0 fully saturated rings. The molecule has 0 bridgehead atoms. The third kappa shape index (κ3) is 5.31. The van der Waals surface area contributed by atoms with Gasteiger partial charge in [-0.05, 0) is 36.1 Å². The molecule has 0 aliphatic rings. The predicted octanol–water partition coefficient (Wildman–Crippen LogP) is 5.46. The second-order valence-corrected chi connectivity index (χ2v) is 7.66. The Labute approximate surface area is 177 Å². The lowest BCUT2D eigenvalue weighted by Crippen LogP contribution is -2.14. The van der Waals surface area contributed by atoms with Crippen molar-refractivity contribution in [3.8, 4) is 11.1 Å². The molecule has 0 atom stereocenters. The van der Waals surface area contributed by atoms with Crippen molar-refractivity contribution in [2.75, 3.05) is 5.32 Å². The van der Waals surface area contributed by atoms with Gasteiger partial charge in [-0.15, -0.1) is 17.9 Å². The van der Waals surface area contributed by atoms with Gasteiger partial charge in [-0.25, -0.2) is 9.78 Å². The van der Waals surface area contributed by atoms with Crippen molar-refractivity contribution in [2.24, 2.45) is 0 Å². The predicted molar refractivity (Wildman–Crippen MR) is 117 cm³/mol. The van der Waals surface area contributed by atoms with Gasteiger partial charge < -0.3 is 10.4 Å². The lowest BCUT2D eigenvalue weighted by atomic mass is 10.0. The Bertz CT molecular complexity index is 1040. The molecule has 3 rings (SSSR count). The second kappa shape index (κ2) is 9.49. The monoisotopic (exact) mass is 426 g/mol. The number of allylic oxidation sites excluding steroid dienone is 1. The Morgan fingerprint density at radius 1 is 1.24 bits per heavy atom. The number of aryl methyl sites for hydroxylation is 1. The smallest absolute Gasteiger partial charge is 0.339 e. The van der Waals surface area contributed by atoms with E-state index in [0.29, 0.717) is 27.7 Å². The van der Waals surface area contributed by atoms with Gasteiger partial charge in [0, 0.05) is 29.1 Å². The summed E-state index contributed by atoms with van der Waals surface area (Å²) in [5.41, 5.74) is 3.38. The molecule has 29 heavy (non-hydrogen) atoms. The number of aromatic carboxylic acids is 1. The molecule has 0 unspecified atom stereocenters. The first-order valence-corrected chi connectivity index (χ1v) is 10.2. The van der Waals surface area contributed by atoms with E-state index in [1.807, 2.05) is 24.3 Å². The fourth-order valence-electron chi connectivity index (χ4n) is 2.94. The average Bonchev–Trinajstić information content (AvgIpc) is 3.11. The number of hydrogen-bond donors (Lipinski definition) is 2. The van der Waals surface area contributed by atoms with E-state index in [4.69, 9.17) is 11.6 Å². The van der Waals surface area contributed by atoms with Gasteiger partial charge in [0.25, 0.3) is 0 Å². The molecule has 3 aromatic rings. The van der Waals surface area contributed by atoms with Gasteiger partial charge in [-0.3, -0.25) is 4.79 Å². The standard InChI is InChI=1S/C22H19ClN2O3S/c1-2-4-14-5-3-6-15(11-14)7-10-19(26)25-21-20(22(27)28)17(13-29-21)16-8-9-18(23)24-12-16/h2-3,5-6,8-9,11-13H,1,4,7,10H2,(H,25,26)(H,27,28). The van der Waals surface area contributed by atoms with Crippen LogP contribution in [0.1, 0.15) is 27.9 Å². The highest BCUT2D eigenvalue weighted by molar-refractivity contribution is 7.15. The summed E-state index contributed by atoms with van der Waals surface area (Å²) in [6, 6.07) is 11.3. The number of carboxylic acids is 1. The highest BCUT2D eigenvalue weighted by atomic mass is 35.5. The van der Waals surface area contributed by atoms with Crippen LogP contribution in [0, 0.1) is 0 Å². The van der Waals surface area contributed by atoms with Gasteiger partial charge in [-0.2, -0.15) is 0 Å². The SMILES string of the molecule is C=CCc1cccc(CCC(=O)Nc2scc(-c3ccc(Cl)nc3)c2C(=O)O)c1. The number of halogens is 1. The molecule has 0 radical (unpaired) electrons. The minimum absolute atomic E-state index is 0.0560. The zero-order chi connectivity index (χ0) is 20.8. The maximum Gasteiger partial charge on any atom is 0.339 e. The van der Waals surface area contributed by atoms with Crippen molar-refractivity contribution in [2.45, 2.75) is 19.3 Å². The first kappa shape index (κ1) is 20.8. The largest absolute Gasteiger partial charge is 0.478 e. The summed E-state index contributed by atoms with van der Waals surface area (Å²) < 4.78 is 0. The van der Waals surface area contributed by atoms with E-state index in [9.17, 15) is 14.7 Å². The quantitative estimate of drug-likeness (QED) is 0.370. The van der Waals surface area contributed by atoms with Crippen molar-refractivity contribution < 1.29 is 14.7 Å². The third-order valence-corrected chi connectivity index (χ3v) is 5.43. The molecule has 1 aromatic carbocycles. The number of anilines is 1. The van der Waals surface area contributed by atoms with Crippen molar-refractivity contribution in [1.29, 1.82) is 0 Å². The number of carbonyl (C=O) groups excluding carboxylic acids is 1. The Balaban J connectivity index is 1.72. The van der Waals surface area contributed by atoms with Gasteiger partial charge >= 0.3 is 5.97 Å². The molecule has 0 aliphatic heterocycles. The van der Waals surface area contributed by atoms with Crippen LogP contribution >= 0.6 is 22.9 Å². The number of carboxylic acid groups (broad SMARTS) is 1. The van der Waals surface area contributed by atoms with Gasteiger partial charge in [0.1, 0.15) is 15.7 Å². The summed E-state index contributed by atoms with van der Waals surface area (Å²) in [4.78, 5) is 28.2. The molecule has 0 spiro atoms. The van der Waals surface area contributed by atoms with E-state index in [-0.39, 0.29) is 17.9 Å². The van der Waals surface area contributed by atoms with E-state index >= 15 is 0 Å². The number of nitrogens with one attached hydrogen (secondary N) is 1. The first-order chi connectivity index (χ1) is 14.0. The van der Waals surface area contributed by atoms with Crippen molar-refractivity contribution in [3.63, 3.8) is 0 Å². The molecule has 2 heterocycles. The summed E-state index contributed by atoms with van der Waals surface area (Å²) >= 11 is 6.98. The average molecular weight is 427 g/mol. The zero-order valence-corrected chi connectivity index (χ0v) is 17.1. The molecule has 0 aliphatic carbocycles. The summed E-state index contributed by atoms with van der Waals surface area (Å²) in [5.74, 6) is -1.34. The number of pyridine rings is 1. The number of carbonyl (C=O) groups is 2. The number of rotatable bonds is 8. The van der Waals surface area contributed by atoms with Gasteiger partial charge in [0.05, 0.1) is 0 Å². The molecular formula is C22H19ClN2O3S. The molecule has 2 N–H and O–H groups in total. The number of nitrogens with zero attached hydrogens (tertiary/aromatic N) is 1. The maximum atomic E-state index is 12.4. The fourth-order valence-corrected chi connectivity index (χ4v) is 4.02. The third-order valence-electron chi connectivity index (χ3n) is 4.31. The molecule has 148 valence electrons. The summed E-state index contributed by atoms with van der Waals surface area (Å²) in [7, 11) is 0. The van der Waals surface area contributed by atoms with Crippen LogP contribution in [-0.4, -0.2) is 22.0 Å². The highest BCUT2D eigenvalue weighted by Crippen LogP contribution is 2.35. The van der Waals surface area contributed by atoms with Gasteiger partial charge in [0.15, 0.2) is 0 Å². The van der Waals surface area contributed by atoms with Crippen molar-refractivity contribution in [1.82, 2.24) is 4.98 Å². The van der Waals surface area contributed by atoms with Crippen LogP contribution in [0.15, 0.2) is 60.6 Å². The highest BCUT2D eigenvalue weighted by Gasteiger charge is 2.21. The lowest BCUT2D eigenvalue weighted by molar-refractivity contribution is -0.116. The fraction of sp³-hybridized carbons (Fsp3) is 0.136. The number of hydrogen-bond acceptors (Lipinski definition) is 4. The minimum Gasteiger partial charge on any atom is -0.478 e. The van der Waals surface area contributed by atoms with E-state index in [2.05, 4.69) is 22.9 Å². The molecular weight excluding hydrogens is 408 g/mol. The normalized spacial score (nSPS) is 10.5. The number of benzene rings is 1. The first-order valence-electron chi connectivity index (χ1n) is 8.93. The Morgan fingerprint density at radius 3 is 2.72 bits per heavy atom. The molecule has 2 aromatic heterocycles. The van der Waals surface area contributed by atoms with Crippen LogP contribution in [0.25, 0.3) is 11.1 Å². The van der Waals surface area contributed by atoms with Crippen LogP contribution in [0.4, 0.5) is 5.00 Å². The number of aromatic nitrogens is 1. The summed E-state index contributed by atoms with van der Waals surface area (Å²) in [6.45, 7) is 3.74. The van der Waals surface area contributed by atoms with E-state index < -0.39 is 5.97 Å². The second-order valence-electron chi connectivity index (χ2n) is 6.39. The van der Waals surface area contributed by atoms with Crippen LogP contribution < -0.4 is 5.32 Å². The van der Waals surface area contributed by atoms with Crippen molar-refractivity contribution in [3.05, 3.63) is 82.5 Å². The molecule has 5 nitrogen and oxygen atoms in total. The molecule has 0 saturated carbocycles. The number of thiophene rings is 1. The van der Waals surface area contributed by atoms with E-state index in [1.165, 1.54) is 17.5 Å². The van der Waals surface area contributed by atoms with Crippen LogP contribution in [0.5, 0.6) is 0 Å². The van der Waals surface area contributed by atoms with Gasteiger partial charge in [0.2, 0.25) is 5.91 Å². The molecule has 0 saturated heterocycles. The summed E-state index contributed by atoms with van der Waals surface area (Å²) in [5, 5.41) is 14.7. The lowest BCUT2D eigenvalue weighted by Gasteiger charge is -2.07. The van der Waals surface area contributed by atoms with Crippen LogP contribution in [0.3, 0.4) is 0 Å². The minimum atomic E-state index is -1.11. The van der Waals surface area contributed by atoms with Crippen LogP contribution in [-0.2, 0) is 17.6 Å². The van der Waals surface area contributed by atoms with E-state index in [1.54, 1.807) is 17.5 Å². The Morgan fingerprint density at radius 2 is 2.03 bits per heavy atom. The van der Waals surface area contributed by atoms with Crippen LogP contribution in [0.2, 0.25) is 5.15 Å². The Kier molecular flexibility index (Phi) is 6.80. The topological polar surface area (TPSA) is 79.3 Å². The summed E-state index contributed by atoms with van der Waals surface area (Å²) in [6.07, 6.45) is 4.95. The number of amides is 1. The van der Waals surface area contributed by atoms with Gasteiger partial charge in [-0.1, -0.05) is 41.9 Å². The molecule has 7 heteroatoms. The van der Waals surface area contributed by atoms with E-state index in [0.717, 1.165) is 17.5 Å². The maximum absolute atomic E-state index is 12.4. The molecule has 1 amide bonds. The van der Waals surface area contributed by atoms with Crippen molar-refractivity contribution >= 4 is 39.8 Å². The Hall–Kier alpha value is -2.96.